The van der Waals surface area contributed by atoms with Gasteiger partial charge in [0.15, 0.2) is 0 Å². The quantitative estimate of drug-likeness (QED) is 0.690. The summed E-state index contributed by atoms with van der Waals surface area (Å²) in [6.07, 6.45) is 2.48. The summed E-state index contributed by atoms with van der Waals surface area (Å²) in [5.74, 6) is 0.782. The van der Waals surface area contributed by atoms with Crippen LogP contribution in [0, 0.1) is 0 Å². The van der Waals surface area contributed by atoms with Gasteiger partial charge in [0.25, 0.3) is 0 Å². The van der Waals surface area contributed by atoms with Crippen LogP contribution in [0.3, 0.4) is 0 Å². The summed E-state index contributed by atoms with van der Waals surface area (Å²) in [4.78, 5) is 0. The van der Waals surface area contributed by atoms with E-state index in [1.54, 1.807) is 0 Å². The summed E-state index contributed by atoms with van der Waals surface area (Å²) in [6, 6.07) is 6.71. The lowest BCUT2D eigenvalue weighted by Gasteiger charge is -2.42. The Kier molecular flexibility index (Phi) is 3.51. The lowest BCUT2D eigenvalue weighted by Crippen LogP contribution is -2.33. The van der Waals surface area contributed by atoms with Gasteiger partial charge in [-0.1, -0.05) is 46.4 Å². The number of ether oxygens (including phenoxy) is 1. The highest BCUT2D eigenvalue weighted by Gasteiger charge is 2.36. The standard InChI is InChI=1S/C18H26O/c1-7-19-13(2)14-8-9-15-16(12-14)18(5,6)11-10-17(15,3)4/h8-9,12H,2,7,10-11H2,1,3-6H3. The van der Waals surface area contributed by atoms with Gasteiger partial charge in [0.2, 0.25) is 0 Å². The van der Waals surface area contributed by atoms with Crippen molar-refractivity contribution in [3.8, 4) is 0 Å². The van der Waals surface area contributed by atoms with E-state index in [4.69, 9.17) is 4.74 Å². The van der Waals surface area contributed by atoms with Crippen LogP contribution in [0.25, 0.3) is 5.76 Å². The molecule has 1 heteroatoms. The summed E-state index contributed by atoms with van der Waals surface area (Å²) in [5.41, 5.74) is 4.58. The molecule has 0 radical (unpaired) electrons. The average molecular weight is 258 g/mol. The van der Waals surface area contributed by atoms with E-state index >= 15 is 0 Å². The molecule has 2 rings (SSSR count). The van der Waals surface area contributed by atoms with E-state index in [0.29, 0.717) is 6.61 Å². The van der Waals surface area contributed by atoms with E-state index in [2.05, 4.69) is 52.5 Å². The molecule has 0 bridgehead atoms. The van der Waals surface area contributed by atoms with Crippen molar-refractivity contribution in [3.63, 3.8) is 0 Å². The van der Waals surface area contributed by atoms with Gasteiger partial charge in [0.1, 0.15) is 5.76 Å². The highest BCUT2D eigenvalue weighted by molar-refractivity contribution is 5.60. The summed E-state index contributed by atoms with van der Waals surface area (Å²) in [6.45, 7) is 16.1. The monoisotopic (exact) mass is 258 g/mol. The maximum atomic E-state index is 5.54. The lowest BCUT2D eigenvalue weighted by atomic mass is 9.63. The Bertz CT molecular complexity index is 494. The molecule has 0 saturated heterocycles. The van der Waals surface area contributed by atoms with E-state index in [-0.39, 0.29) is 10.8 Å². The van der Waals surface area contributed by atoms with E-state index in [1.165, 1.54) is 24.0 Å². The summed E-state index contributed by atoms with van der Waals surface area (Å²) < 4.78 is 5.54. The van der Waals surface area contributed by atoms with Crippen molar-refractivity contribution in [2.75, 3.05) is 6.61 Å². The molecular weight excluding hydrogens is 232 g/mol. The molecular formula is C18H26O. The van der Waals surface area contributed by atoms with Gasteiger partial charge in [0.05, 0.1) is 6.61 Å². The zero-order chi connectivity index (χ0) is 14.3. The van der Waals surface area contributed by atoms with Gasteiger partial charge >= 0.3 is 0 Å². The second-order valence-corrected chi connectivity index (χ2v) is 6.88. The molecule has 0 atom stereocenters. The zero-order valence-corrected chi connectivity index (χ0v) is 13.0. The van der Waals surface area contributed by atoms with Gasteiger partial charge in [-0.25, -0.2) is 0 Å². The minimum absolute atomic E-state index is 0.243. The van der Waals surface area contributed by atoms with E-state index in [0.717, 1.165) is 11.3 Å². The molecule has 104 valence electrons. The van der Waals surface area contributed by atoms with Crippen molar-refractivity contribution in [2.24, 2.45) is 0 Å². The topological polar surface area (TPSA) is 9.23 Å². The van der Waals surface area contributed by atoms with Crippen LogP contribution in [0.4, 0.5) is 0 Å². The molecule has 1 aliphatic rings. The predicted octanol–water partition coefficient (Wildman–Crippen LogP) is 5.04. The molecule has 0 heterocycles. The number of hydrogen-bond donors (Lipinski definition) is 0. The fourth-order valence-electron chi connectivity index (χ4n) is 3.02. The third-order valence-electron chi connectivity index (χ3n) is 4.49. The maximum absolute atomic E-state index is 5.54. The molecule has 1 nitrogen and oxygen atoms in total. The van der Waals surface area contributed by atoms with Crippen LogP contribution in [0.5, 0.6) is 0 Å². The predicted molar refractivity (Wildman–Crippen MR) is 82.4 cm³/mol. The lowest BCUT2D eigenvalue weighted by molar-refractivity contribution is 0.298. The Labute approximate surface area is 117 Å². The van der Waals surface area contributed by atoms with Gasteiger partial charge in [-0.2, -0.15) is 0 Å². The average Bonchev–Trinajstić information content (AvgIpc) is 2.35. The van der Waals surface area contributed by atoms with Gasteiger partial charge < -0.3 is 4.74 Å². The molecule has 0 amide bonds. The van der Waals surface area contributed by atoms with Gasteiger partial charge in [-0.15, -0.1) is 0 Å². The molecule has 0 unspecified atom stereocenters. The van der Waals surface area contributed by atoms with Crippen LogP contribution >= 0.6 is 0 Å². The Morgan fingerprint density at radius 3 is 2.26 bits per heavy atom. The van der Waals surface area contributed by atoms with Crippen molar-refractivity contribution in [1.29, 1.82) is 0 Å². The molecule has 0 aliphatic heterocycles. The van der Waals surface area contributed by atoms with Crippen LogP contribution in [-0.2, 0) is 15.6 Å². The fourth-order valence-corrected chi connectivity index (χ4v) is 3.02. The molecule has 1 aromatic carbocycles. The number of rotatable bonds is 3. The first kappa shape index (κ1) is 14.2. The van der Waals surface area contributed by atoms with Crippen LogP contribution in [0.1, 0.15) is 64.2 Å². The van der Waals surface area contributed by atoms with E-state index < -0.39 is 0 Å². The molecule has 1 aliphatic carbocycles. The number of benzene rings is 1. The zero-order valence-electron chi connectivity index (χ0n) is 13.0. The molecule has 1 aromatic rings. The molecule has 0 N–H and O–H groups in total. The SMILES string of the molecule is C=C(OCC)c1ccc2c(c1)C(C)(C)CCC2(C)C. The van der Waals surface area contributed by atoms with Crippen LogP contribution < -0.4 is 0 Å². The molecule has 0 fully saturated rings. The molecule has 19 heavy (non-hydrogen) atoms. The molecule has 0 spiro atoms. The smallest absolute Gasteiger partial charge is 0.119 e. The second kappa shape index (κ2) is 4.70. The van der Waals surface area contributed by atoms with Gasteiger partial charge in [-0.3, -0.25) is 0 Å². The minimum Gasteiger partial charge on any atom is -0.494 e. The van der Waals surface area contributed by atoms with Crippen molar-refractivity contribution in [1.82, 2.24) is 0 Å². The van der Waals surface area contributed by atoms with E-state index in [1.807, 2.05) is 6.92 Å². The maximum Gasteiger partial charge on any atom is 0.119 e. The highest BCUT2D eigenvalue weighted by Crippen LogP contribution is 2.46. The Morgan fingerprint density at radius 2 is 1.68 bits per heavy atom. The molecule has 0 aromatic heterocycles. The van der Waals surface area contributed by atoms with E-state index in [9.17, 15) is 0 Å². The van der Waals surface area contributed by atoms with Gasteiger partial charge in [-0.05, 0) is 47.8 Å². The third kappa shape index (κ3) is 2.56. The number of hydrogen-bond acceptors (Lipinski definition) is 1. The Balaban J connectivity index is 2.50. The summed E-state index contributed by atoms with van der Waals surface area (Å²) in [5, 5.41) is 0. The van der Waals surface area contributed by atoms with Crippen LogP contribution in [-0.4, -0.2) is 6.61 Å². The summed E-state index contributed by atoms with van der Waals surface area (Å²) in [7, 11) is 0. The van der Waals surface area contributed by atoms with Gasteiger partial charge in [0, 0.05) is 5.56 Å². The normalized spacial score (nSPS) is 19.6. The van der Waals surface area contributed by atoms with Crippen molar-refractivity contribution >= 4 is 5.76 Å². The fraction of sp³-hybridized carbons (Fsp3) is 0.556. The van der Waals surface area contributed by atoms with Crippen molar-refractivity contribution in [2.45, 2.75) is 58.3 Å². The van der Waals surface area contributed by atoms with Crippen molar-refractivity contribution < 1.29 is 4.74 Å². The largest absolute Gasteiger partial charge is 0.494 e. The van der Waals surface area contributed by atoms with Crippen LogP contribution in [0.2, 0.25) is 0 Å². The first-order valence-corrected chi connectivity index (χ1v) is 7.25. The summed E-state index contributed by atoms with van der Waals surface area (Å²) >= 11 is 0. The molecule has 0 saturated carbocycles. The van der Waals surface area contributed by atoms with Crippen molar-refractivity contribution in [3.05, 3.63) is 41.5 Å². The van der Waals surface area contributed by atoms with Crippen LogP contribution in [0.15, 0.2) is 24.8 Å². The Morgan fingerprint density at radius 1 is 1.11 bits per heavy atom. The highest BCUT2D eigenvalue weighted by atomic mass is 16.5. The third-order valence-corrected chi connectivity index (χ3v) is 4.49. The second-order valence-electron chi connectivity index (χ2n) is 6.88. The minimum atomic E-state index is 0.243. The first-order chi connectivity index (χ1) is 8.78. The first-order valence-electron chi connectivity index (χ1n) is 7.25. The Hall–Kier alpha value is -1.24. The number of fused-ring (bicyclic) bond motifs is 1.